The lowest BCUT2D eigenvalue weighted by Gasteiger charge is -2.23. The van der Waals surface area contributed by atoms with E-state index in [1.165, 1.54) is 23.6 Å². The standard InChI is InChI=1S/C28H32N6O3/c1-3-19-8-10-20(11-9-19)16-33-17-22(34-18-25(31-32-34)28(36)37-2)14-26(33)27(35)29-13-12-21-15-30-24-7-5-4-6-23(21)24/h4-11,15,18,22,26,30H,3,12-14,16-17H2,1-2H3,(H,29,35)/t22-,26+/m1/s1. The Balaban J connectivity index is 1.28. The Morgan fingerprint density at radius 2 is 1.92 bits per heavy atom. The maximum Gasteiger partial charge on any atom is 0.360 e. The average Bonchev–Trinajstić information content (AvgIpc) is 3.67. The highest BCUT2D eigenvalue weighted by molar-refractivity contribution is 5.86. The number of rotatable bonds is 9. The molecule has 4 aromatic rings. The van der Waals surface area contributed by atoms with E-state index in [0.29, 0.717) is 26.1 Å². The summed E-state index contributed by atoms with van der Waals surface area (Å²) in [6.45, 7) is 3.97. The Morgan fingerprint density at radius 3 is 2.70 bits per heavy atom. The van der Waals surface area contributed by atoms with Gasteiger partial charge in [-0.15, -0.1) is 5.10 Å². The summed E-state index contributed by atoms with van der Waals surface area (Å²) in [7, 11) is 1.32. The lowest BCUT2D eigenvalue weighted by atomic mass is 10.1. The van der Waals surface area contributed by atoms with Gasteiger partial charge in [0.05, 0.1) is 25.4 Å². The molecule has 1 fully saturated rings. The molecule has 2 N–H and O–H groups in total. The van der Waals surface area contributed by atoms with Gasteiger partial charge in [-0.2, -0.15) is 0 Å². The monoisotopic (exact) mass is 500 g/mol. The van der Waals surface area contributed by atoms with Crippen LogP contribution in [0.25, 0.3) is 10.9 Å². The molecule has 0 unspecified atom stereocenters. The van der Waals surface area contributed by atoms with Crippen LogP contribution >= 0.6 is 0 Å². The third kappa shape index (κ3) is 5.41. The van der Waals surface area contributed by atoms with Gasteiger partial charge in [0.2, 0.25) is 5.91 Å². The van der Waals surface area contributed by atoms with Gasteiger partial charge >= 0.3 is 5.97 Å². The van der Waals surface area contributed by atoms with Crippen molar-refractivity contribution in [1.82, 2.24) is 30.2 Å². The van der Waals surface area contributed by atoms with Gasteiger partial charge in [-0.05, 0) is 42.0 Å². The molecule has 1 aliphatic heterocycles. The number of carbonyl (C=O) groups is 2. The zero-order chi connectivity index (χ0) is 25.8. The van der Waals surface area contributed by atoms with Crippen LogP contribution in [-0.2, 0) is 28.9 Å². The molecule has 0 saturated carbocycles. The van der Waals surface area contributed by atoms with Gasteiger partial charge in [0.1, 0.15) is 0 Å². The molecule has 1 aliphatic rings. The van der Waals surface area contributed by atoms with E-state index in [2.05, 4.69) is 68.8 Å². The van der Waals surface area contributed by atoms with E-state index in [1.807, 2.05) is 18.3 Å². The van der Waals surface area contributed by atoms with Crippen LogP contribution < -0.4 is 5.32 Å². The number of hydrogen-bond donors (Lipinski definition) is 2. The molecule has 5 rings (SSSR count). The van der Waals surface area contributed by atoms with Crippen molar-refractivity contribution in [2.45, 2.75) is 44.8 Å². The lowest BCUT2D eigenvalue weighted by Crippen LogP contribution is -2.43. The molecular weight excluding hydrogens is 468 g/mol. The first-order valence-electron chi connectivity index (χ1n) is 12.7. The molecule has 192 valence electrons. The van der Waals surface area contributed by atoms with Crippen molar-refractivity contribution in [3.05, 3.63) is 83.3 Å². The largest absolute Gasteiger partial charge is 0.464 e. The normalized spacial score (nSPS) is 17.8. The highest BCUT2D eigenvalue weighted by Crippen LogP contribution is 2.29. The van der Waals surface area contributed by atoms with Crippen molar-refractivity contribution in [1.29, 1.82) is 0 Å². The van der Waals surface area contributed by atoms with Crippen LogP contribution in [0.4, 0.5) is 0 Å². The molecule has 3 heterocycles. The molecule has 1 amide bonds. The number of H-pyrrole nitrogens is 1. The summed E-state index contributed by atoms with van der Waals surface area (Å²) in [5.74, 6) is -0.524. The van der Waals surface area contributed by atoms with Gasteiger partial charge in [-0.1, -0.05) is 54.6 Å². The van der Waals surface area contributed by atoms with Gasteiger partial charge in [-0.3, -0.25) is 9.69 Å². The number of aromatic nitrogens is 4. The molecule has 0 bridgehead atoms. The molecule has 0 aliphatic carbocycles. The molecular formula is C28H32N6O3. The van der Waals surface area contributed by atoms with Gasteiger partial charge in [0.15, 0.2) is 5.69 Å². The minimum absolute atomic E-state index is 0.000765. The lowest BCUT2D eigenvalue weighted by molar-refractivity contribution is -0.125. The summed E-state index contributed by atoms with van der Waals surface area (Å²) in [6, 6.07) is 16.3. The van der Waals surface area contributed by atoms with Gasteiger partial charge < -0.3 is 15.0 Å². The molecule has 37 heavy (non-hydrogen) atoms. The van der Waals surface area contributed by atoms with Crippen LogP contribution in [0.2, 0.25) is 0 Å². The second kappa shape index (κ2) is 11.0. The number of likely N-dealkylation sites (tertiary alicyclic amines) is 1. The second-order valence-corrected chi connectivity index (χ2v) is 9.48. The summed E-state index contributed by atoms with van der Waals surface area (Å²) in [6.07, 6.45) is 5.93. The van der Waals surface area contributed by atoms with Crippen molar-refractivity contribution in [3.63, 3.8) is 0 Å². The van der Waals surface area contributed by atoms with Crippen LogP contribution in [0.5, 0.6) is 0 Å². The van der Waals surface area contributed by atoms with Crippen molar-refractivity contribution >= 4 is 22.8 Å². The first-order chi connectivity index (χ1) is 18.1. The number of hydrogen-bond acceptors (Lipinski definition) is 6. The number of ether oxygens (including phenoxy) is 1. The smallest absolute Gasteiger partial charge is 0.360 e. The predicted molar refractivity (Wildman–Crippen MR) is 140 cm³/mol. The molecule has 0 radical (unpaired) electrons. The molecule has 9 heteroatoms. The maximum atomic E-state index is 13.4. The number of para-hydroxylation sites is 1. The Morgan fingerprint density at radius 1 is 1.14 bits per heavy atom. The summed E-state index contributed by atoms with van der Waals surface area (Å²) in [4.78, 5) is 30.7. The Bertz CT molecular complexity index is 1380. The summed E-state index contributed by atoms with van der Waals surface area (Å²) >= 11 is 0. The van der Waals surface area contributed by atoms with Crippen LogP contribution in [0.15, 0.2) is 60.9 Å². The average molecular weight is 501 g/mol. The number of benzene rings is 2. The number of carbonyl (C=O) groups excluding carboxylic acids is 2. The Kier molecular flexibility index (Phi) is 7.32. The number of amides is 1. The van der Waals surface area contributed by atoms with E-state index in [9.17, 15) is 9.59 Å². The third-order valence-corrected chi connectivity index (χ3v) is 7.15. The quantitative estimate of drug-likeness (QED) is 0.342. The molecule has 2 aromatic heterocycles. The van der Waals surface area contributed by atoms with Crippen molar-refractivity contribution in [2.75, 3.05) is 20.2 Å². The molecule has 9 nitrogen and oxygen atoms in total. The SMILES string of the molecule is CCc1ccc(CN2C[C@H](n3cc(C(=O)OC)nn3)C[C@H]2C(=O)NCCc2c[nH]c3ccccc23)cc1. The van der Waals surface area contributed by atoms with E-state index in [4.69, 9.17) is 4.74 Å². The van der Waals surface area contributed by atoms with Gasteiger partial charge in [0, 0.05) is 36.7 Å². The number of nitrogens with one attached hydrogen (secondary N) is 2. The van der Waals surface area contributed by atoms with Crippen molar-refractivity contribution < 1.29 is 14.3 Å². The minimum atomic E-state index is -0.524. The fraction of sp³-hybridized carbons (Fsp3) is 0.357. The number of esters is 1. The fourth-order valence-electron chi connectivity index (χ4n) is 5.06. The highest BCUT2D eigenvalue weighted by atomic mass is 16.5. The Hall–Kier alpha value is -3.98. The Labute approximate surface area is 215 Å². The van der Waals surface area contributed by atoms with Crippen LogP contribution in [0, 0.1) is 0 Å². The van der Waals surface area contributed by atoms with E-state index in [1.54, 1.807) is 10.9 Å². The number of aromatic amines is 1. The molecule has 1 saturated heterocycles. The van der Waals surface area contributed by atoms with Crippen LogP contribution in [-0.4, -0.2) is 63.0 Å². The topological polar surface area (TPSA) is 105 Å². The number of nitrogens with zero attached hydrogens (tertiary/aromatic N) is 4. The van der Waals surface area contributed by atoms with E-state index in [-0.39, 0.29) is 23.7 Å². The summed E-state index contributed by atoms with van der Waals surface area (Å²) in [5, 5.41) is 12.4. The minimum Gasteiger partial charge on any atom is -0.464 e. The zero-order valence-electron chi connectivity index (χ0n) is 21.2. The first-order valence-corrected chi connectivity index (χ1v) is 12.7. The molecule has 2 atom stereocenters. The number of aryl methyl sites for hydroxylation is 1. The van der Waals surface area contributed by atoms with Crippen molar-refractivity contribution in [2.24, 2.45) is 0 Å². The zero-order valence-corrected chi connectivity index (χ0v) is 21.2. The highest BCUT2D eigenvalue weighted by Gasteiger charge is 2.38. The third-order valence-electron chi connectivity index (χ3n) is 7.15. The molecule has 2 aromatic carbocycles. The van der Waals surface area contributed by atoms with E-state index < -0.39 is 5.97 Å². The van der Waals surface area contributed by atoms with Crippen LogP contribution in [0.3, 0.4) is 0 Å². The second-order valence-electron chi connectivity index (χ2n) is 9.48. The first kappa shape index (κ1) is 24.7. The van der Waals surface area contributed by atoms with E-state index in [0.717, 1.165) is 23.9 Å². The fourth-order valence-corrected chi connectivity index (χ4v) is 5.06. The van der Waals surface area contributed by atoms with Gasteiger partial charge in [-0.25, -0.2) is 9.48 Å². The maximum absolute atomic E-state index is 13.4. The van der Waals surface area contributed by atoms with Crippen LogP contribution in [0.1, 0.15) is 46.6 Å². The van der Waals surface area contributed by atoms with Crippen molar-refractivity contribution in [3.8, 4) is 0 Å². The summed E-state index contributed by atoms with van der Waals surface area (Å²) in [5.41, 5.74) is 4.89. The van der Waals surface area contributed by atoms with E-state index >= 15 is 0 Å². The number of methoxy groups -OCH3 is 1. The molecule has 0 spiro atoms. The summed E-state index contributed by atoms with van der Waals surface area (Å²) < 4.78 is 6.44. The van der Waals surface area contributed by atoms with Gasteiger partial charge in [0.25, 0.3) is 0 Å². The predicted octanol–water partition coefficient (Wildman–Crippen LogP) is 3.28. The number of fused-ring (bicyclic) bond motifs is 1.